The van der Waals surface area contributed by atoms with Gasteiger partial charge in [-0.05, 0) is 42.8 Å². The number of hydrazone groups is 1. The molecule has 0 atom stereocenters. The fourth-order valence-electron chi connectivity index (χ4n) is 2.20. The van der Waals surface area contributed by atoms with Crippen molar-refractivity contribution in [3.05, 3.63) is 52.0 Å². The van der Waals surface area contributed by atoms with Gasteiger partial charge in [0.05, 0.1) is 35.7 Å². The van der Waals surface area contributed by atoms with Crippen LogP contribution in [-0.2, 0) is 9.59 Å². The van der Waals surface area contributed by atoms with E-state index < -0.39 is 18.2 Å². The summed E-state index contributed by atoms with van der Waals surface area (Å²) in [6.45, 7) is 2.39. The summed E-state index contributed by atoms with van der Waals surface area (Å²) in [7, 11) is 1.53. The van der Waals surface area contributed by atoms with Gasteiger partial charge in [0.25, 0.3) is 0 Å². The van der Waals surface area contributed by atoms with E-state index in [0.29, 0.717) is 34.4 Å². The number of carbonyl (C=O) groups is 2. The van der Waals surface area contributed by atoms with Crippen LogP contribution in [0.15, 0.2) is 41.5 Å². The van der Waals surface area contributed by atoms with Gasteiger partial charge in [0.2, 0.25) is 11.8 Å². The largest absolute Gasteiger partial charge is 0.493 e. The second kappa shape index (κ2) is 10.5. The molecule has 2 rings (SSSR count). The maximum absolute atomic E-state index is 11.9. The molecule has 7 nitrogen and oxygen atoms in total. The molecule has 0 radical (unpaired) electrons. The second-order valence-electron chi connectivity index (χ2n) is 5.46. The second-order valence-corrected chi connectivity index (χ2v) is 6.25. The van der Waals surface area contributed by atoms with Crippen molar-refractivity contribution in [3.8, 4) is 11.5 Å². The highest BCUT2D eigenvalue weighted by molar-refractivity contribution is 6.44. The number of carbonyl (C=O) groups excluding carboxylic acids is 2. The lowest BCUT2D eigenvalue weighted by Crippen LogP contribution is -2.24. The predicted molar refractivity (Wildman–Crippen MR) is 110 cm³/mol. The summed E-state index contributed by atoms with van der Waals surface area (Å²) in [5.74, 6) is 0.0434. The zero-order valence-corrected chi connectivity index (χ0v) is 16.8. The van der Waals surface area contributed by atoms with Gasteiger partial charge in [-0.1, -0.05) is 29.3 Å². The summed E-state index contributed by atoms with van der Waals surface area (Å²) >= 11 is 11.9. The standard InChI is InChI=1S/C19H19Cl2N3O4/c1-3-28-15-8-7-12(9-16(15)27-2)11-22-24-18(26)10-17(25)23-14-6-4-5-13(20)19(14)21/h4-9,11H,3,10H2,1-2H3,(H,23,25)(H,24,26). The van der Waals surface area contributed by atoms with Crippen LogP contribution in [0.25, 0.3) is 0 Å². The lowest BCUT2D eigenvalue weighted by atomic mass is 10.2. The molecule has 2 aromatic rings. The first-order chi connectivity index (χ1) is 13.4. The molecule has 2 aromatic carbocycles. The van der Waals surface area contributed by atoms with Gasteiger partial charge in [-0.2, -0.15) is 5.10 Å². The first-order valence-electron chi connectivity index (χ1n) is 8.31. The maximum atomic E-state index is 11.9. The number of hydrogen-bond donors (Lipinski definition) is 2. The van der Waals surface area contributed by atoms with Crippen molar-refractivity contribution in [1.29, 1.82) is 0 Å². The van der Waals surface area contributed by atoms with Crippen LogP contribution < -0.4 is 20.2 Å². The van der Waals surface area contributed by atoms with Crippen molar-refractivity contribution in [3.63, 3.8) is 0 Å². The molecule has 0 aromatic heterocycles. The lowest BCUT2D eigenvalue weighted by molar-refractivity contribution is -0.126. The fourth-order valence-corrected chi connectivity index (χ4v) is 2.55. The van der Waals surface area contributed by atoms with Gasteiger partial charge in [-0.25, -0.2) is 5.43 Å². The Morgan fingerprint density at radius 2 is 1.93 bits per heavy atom. The SMILES string of the molecule is CCOc1ccc(C=NNC(=O)CC(=O)Nc2cccc(Cl)c2Cl)cc1OC. The summed E-state index contributed by atoms with van der Waals surface area (Å²) in [5.41, 5.74) is 3.31. The van der Waals surface area contributed by atoms with E-state index in [2.05, 4.69) is 15.8 Å². The molecular weight excluding hydrogens is 405 g/mol. The molecule has 0 unspecified atom stereocenters. The first kappa shape index (κ1) is 21.5. The highest BCUT2D eigenvalue weighted by Crippen LogP contribution is 2.29. The van der Waals surface area contributed by atoms with E-state index in [9.17, 15) is 9.59 Å². The molecule has 0 heterocycles. The van der Waals surface area contributed by atoms with E-state index >= 15 is 0 Å². The molecule has 0 spiro atoms. The Bertz CT molecular complexity index is 887. The molecule has 0 fully saturated rings. The maximum Gasteiger partial charge on any atom is 0.249 e. The Morgan fingerprint density at radius 3 is 2.64 bits per heavy atom. The Balaban J connectivity index is 1.89. The van der Waals surface area contributed by atoms with Crippen molar-refractivity contribution < 1.29 is 19.1 Å². The zero-order valence-electron chi connectivity index (χ0n) is 15.3. The summed E-state index contributed by atoms with van der Waals surface area (Å²) in [6, 6.07) is 10.0. The number of halogens is 2. The number of ether oxygens (including phenoxy) is 2. The van der Waals surface area contributed by atoms with Gasteiger partial charge < -0.3 is 14.8 Å². The smallest absolute Gasteiger partial charge is 0.249 e. The molecule has 2 N–H and O–H groups in total. The Hall–Kier alpha value is -2.77. The van der Waals surface area contributed by atoms with Gasteiger partial charge >= 0.3 is 0 Å². The molecule has 28 heavy (non-hydrogen) atoms. The number of nitrogens with one attached hydrogen (secondary N) is 2. The minimum absolute atomic E-state index is 0.209. The van der Waals surface area contributed by atoms with Crippen molar-refractivity contribution in [2.75, 3.05) is 19.0 Å². The van der Waals surface area contributed by atoms with E-state index in [0.717, 1.165) is 0 Å². The van der Waals surface area contributed by atoms with E-state index in [1.165, 1.54) is 13.3 Å². The van der Waals surface area contributed by atoms with Crippen LogP contribution in [-0.4, -0.2) is 31.7 Å². The average molecular weight is 424 g/mol. The number of amides is 2. The van der Waals surface area contributed by atoms with Crippen LogP contribution in [0.3, 0.4) is 0 Å². The normalized spacial score (nSPS) is 10.6. The molecule has 0 saturated heterocycles. The van der Waals surface area contributed by atoms with E-state index in [-0.39, 0.29) is 5.02 Å². The third-order valence-corrected chi connectivity index (χ3v) is 4.26. The minimum atomic E-state index is -0.579. The van der Waals surface area contributed by atoms with Crippen molar-refractivity contribution >= 4 is 46.9 Å². The lowest BCUT2D eigenvalue weighted by Gasteiger charge is -2.09. The number of benzene rings is 2. The van der Waals surface area contributed by atoms with Crippen molar-refractivity contribution in [2.45, 2.75) is 13.3 Å². The predicted octanol–water partition coefficient (Wildman–Crippen LogP) is 3.88. The third kappa shape index (κ3) is 6.14. The molecule has 0 aliphatic heterocycles. The fraction of sp³-hybridized carbons (Fsp3) is 0.211. The molecule has 0 bridgehead atoms. The van der Waals surface area contributed by atoms with Crippen LogP contribution in [0.1, 0.15) is 18.9 Å². The molecule has 9 heteroatoms. The molecular formula is C19H19Cl2N3O4. The Morgan fingerprint density at radius 1 is 1.14 bits per heavy atom. The summed E-state index contributed by atoms with van der Waals surface area (Å²) in [6.07, 6.45) is 1.01. The van der Waals surface area contributed by atoms with E-state index in [4.69, 9.17) is 32.7 Å². The molecule has 0 aliphatic rings. The average Bonchev–Trinajstić information content (AvgIpc) is 2.66. The number of anilines is 1. The summed E-state index contributed by atoms with van der Waals surface area (Å²) in [4.78, 5) is 23.8. The van der Waals surface area contributed by atoms with Crippen LogP contribution >= 0.6 is 23.2 Å². The van der Waals surface area contributed by atoms with Crippen molar-refractivity contribution in [1.82, 2.24) is 5.43 Å². The molecule has 0 saturated carbocycles. The van der Waals surface area contributed by atoms with Gasteiger partial charge in [-0.15, -0.1) is 0 Å². The molecule has 2 amide bonds. The number of rotatable bonds is 8. The quantitative estimate of drug-likeness (QED) is 0.383. The first-order valence-corrected chi connectivity index (χ1v) is 9.06. The van der Waals surface area contributed by atoms with Gasteiger partial charge in [-0.3, -0.25) is 9.59 Å². The Kier molecular flexibility index (Phi) is 8.10. The number of methoxy groups -OCH3 is 1. The topological polar surface area (TPSA) is 89.0 Å². The summed E-state index contributed by atoms with van der Waals surface area (Å²) < 4.78 is 10.7. The minimum Gasteiger partial charge on any atom is -0.493 e. The number of nitrogens with zero attached hydrogens (tertiary/aromatic N) is 1. The Labute approximate surface area is 172 Å². The van der Waals surface area contributed by atoms with Gasteiger partial charge in [0, 0.05) is 0 Å². The van der Waals surface area contributed by atoms with Gasteiger partial charge in [0.15, 0.2) is 11.5 Å². The third-order valence-electron chi connectivity index (χ3n) is 3.44. The molecule has 148 valence electrons. The van der Waals surface area contributed by atoms with Crippen LogP contribution in [0.4, 0.5) is 5.69 Å². The van der Waals surface area contributed by atoms with Crippen LogP contribution in [0.5, 0.6) is 11.5 Å². The summed E-state index contributed by atoms with van der Waals surface area (Å²) in [5, 5.41) is 6.87. The zero-order chi connectivity index (χ0) is 20.5. The van der Waals surface area contributed by atoms with Crippen LogP contribution in [0.2, 0.25) is 10.0 Å². The van der Waals surface area contributed by atoms with Crippen LogP contribution in [0, 0.1) is 0 Å². The van der Waals surface area contributed by atoms with Crippen molar-refractivity contribution in [2.24, 2.45) is 5.10 Å². The number of hydrogen-bond acceptors (Lipinski definition) is 5. The van der Waals surface area contributed by atoms with E-state index in [1.807, 2.05) is 6.92 Å². The highest BCUT2D eigenvalue weighted by atomic mass is 35.5. The highest BCUT2D eigenvalue weighted by Gasteiger charge is 2.12. The van der Waals surface area contributed by atoms with E-state index in [1.54, 1.807) is 36.4 Å². The van der Waals surface area contributed by atoms with Gasteiger partial charge in [0.1, 0.15) is 6.42 Å². The monoisotopic (exact) mass is 423 g/mol. The molecule has 0 aliphatic carbocycles.